The van der Waals surface area contributed by atoms with Gasteiger partial charge in [-0.2, -0.15) is 5.10 Å². The van der Waals surface area contributed by atoms with E-state index in [2.05, 4.69) is 10.1 Å². The Labute approximate surface area is 137 Å². The summed E-state index contributed by atoms with van der Waals surface area (Å²) >= 11 is 11.9. The van der Waals surface area contributed by atoms with Crippen LogP contribution in [0, 0.1) is 0 Å². The van der Waals surface area contributed by atoms with Crippen LogP contribution in [0.1, 0.15) is 6.42 Å². The van der Waals surface area contributed by atoms with Gasteiger partial charge < -0.3 is 14.2 Å². The topological polar surface area (TPSA) is 58.4 Å². The third-order valence-corrected chi connectivity index (χ3v) is 3.72. The van der Waals surface area contributed by atoms with Crippen LogP contribution in [-0.2, 0) is 16.0 Å². The number of rotatable bonds is 6. The van der Waals surface area contributed by atoms with Gasteiger partial charge in [0.2, 0.25) is 0 Å². The zero-order chi connectivity index (χ0) is 15.4. The molecule has 1 fully saturated rings. The minimum Gasteiger partial charge on any atom is -0.489 e. The van der Waals surface area contributed by atoms with Gasteiger partial charge in [0, 0.05) is 18.0 Å². The summed E-state index contributed by atoms with van der Waals surface area (Å²) in [5.41, 5.74) is 0. The number of aromatic nitrogens is 3. The fourth-order valence-corrected chi connectivity index (χ4v) is 2.57. The average molecular weight is 344 g/mol. The second kappa shape index (κ2) is 7.28. The zero-order valence-electron chi connectivity index (χ0n) is 11.7. The summed E-state index contributed by atoms with van der Waals surface area (Å²) in [4.78, 5) is 3.89. The van der Waals surface area contributed by atoms with Gasteiger partial charge in [-0.05, 0) is 18.2 Å². The van der Waals surface area contributed by atoms with Crippen molar-refractivity contribution in [1.29, 1.82) is 0 Å². The molecule has 1 aromatic heterocycles. The first kappa shape index (κ1) is 15.6. The second-order valence-corrected chi connectivity index (χ2v) is 5.70. The van der Waals surface area contributed by atoms with Gasteiger partial charge in [-0.25, -0.2) is 4.98 Å². The van der Waals surface area contributed by atoms with E-state index in [9.17, 15) is 0 Å². The highest BCUT2D eigenvalue weighted by Crippen LogP contribution is 2.28. The van der Waals surface area contributed by atoms with Crippen LogP contribution in [0.4, 0.5) is 0 Å². The number of benzene rings is 1. The molecule has 0 N–H and O–H groups in total. The molecule has 2 heterocycles. The van der Waals surface area contributed by atoms with Crippen LogP contribution in [0.15, 0.2) is 30.9 Å². The molecule has 0 aliphatic carbocycles. The monoisotopic (exact) mass is 343 g/mol. The molecule has 3 rings (SSSR count). The number of hydrogen-bond acceptors (Lipinski definition) is 5. The van der Waals surface area contributed by atoms with Gasteiger partial charge in [0.05, 0.1) is 11.6 Å². The minimum atomic E-state index is -0.251. The molecule has 1 aliphatic heterocycles. The molecule has 1 saturated heterocycles. The molecule has 0 amide bonds. The first-order valence-electron chi connectivity index (χ1n) is 6.88. The number of aryl methyl sites for hydroxylation is 1. The van der Waals surface area contributed by atoms with E-state index in [4.69, 9.17) is 37.4 Å². The Balaban J connectivity index is 1.43. The standard InChI is InChI=1S/C14H15Cl2N3O3/c15-10-1-2-13(12(16)5-10)20-6-11-7-21-14(22-11)3-4-19-9-17-8-18-19/h1-2,5,8-9,11,14H,3-4,6-7H2. The number of hydrogen-bond donors (Lipinski definition) is 0. The van der Waals surface area contributed by atoms with Crippen molar-refractivity contribution >= 4 is 23.2 Å². The Morgan fingerprint density at radius 2 is 2.27 bits per heavy atom. The van der Waals surface area contributed by atoms with E-state index in [-0.39, 0.29) is 12.4 Å². The Hall–Kier alpha value is -1.34. The fraction of sp³-hybridized carbons (Fsp3) is 0.429. The van der Waals surface area contributed by atoms with Gasteiger partial charge in [0.25, 0.3) is 0 Å². The van der Waals surface area contributed by atoms with Crippen molar-refractivity contribution < 1.29 is 14.2 Å². The quantitative estimate of drug-likeness (QED) is 0.807. The Morgan fingerprint density at radius 1 is 1.36 bits per heavy atom. The fourth-order valence-electron chi connectivity index (χ4n) is 2.11. The molecular weight excluding hydrogens is 329 g/mol. The van der Waals surface area contributed by atoms with Gasteiger partial charge in [0.15, 0.2) is 6.29 Å². The van der Waals surface area contributed by atoms with E-state index in [1.807, 2.05) is 0 Å². The molecule has 6 nitrogen and oxygen atoms in total. The lowest BCUT2D eigenvalue weighted by molar-refractivity contribution is -0.0699. The zero-order valence-corrected chi connectivity index (χ0v) is 13.2. The van der Waals surface area contributed by atoms with Gasteiger partial charge in [-0.1, -0.05) is 23.2 Å². The van der Waals surface area contributed by atoms with Crippen LogP contribution in [0.2, 0.25) is 10.0 Å². The molecule has 1 aliphatic rings. The number of ether oxygens (including phenoxy) is 3. The molecule has 2 atom stereocenters. The van der Waals surface area contributed by atoms with Gasteiger partial charge in [-0.15, -0.1) is 0 Å². The first-order valence-corrected chi connectivity index (χ1v) is 7.63. The van der Waals surface area contributed by atoms with Crippen LogP contribution in [0.5, 0.6) is 5.75 Å². The highest BCUT2D eigenvalue weighted by atomic mass is 35.5. The number of halogens is 2. The molecular formula is C14H15Cl2N3O3. The largest absolute Gasteiger partial charge is 0.489 e. The maximum Gasteiger partial charge on any atom is 0.160 e. The Bertz CT molecular complexity index is 609. The highest BCUT2D eigenvalue weighted by molar-refractivity contribution is 6.35. The van der Waals surface area contributed by atoms with Gasteiger partial charge >= 0.3 is 0 Å². The van der Waals surface area contributed by atoms with E-state index in [0.717, 1.165) is 0 Å². The Morgan fingerprint density at radius 3 is 3.05 bits per heavy atom. The molecule has 118 valence electrons. The summed E-state index contributed by atoms with van der Waals surface area (Å²) in [5, 5.41) is 5.09. The van der Waals surface area contributed by atoms with Crippen molar-refractivity contribution in [2.24, 2.45) is 0 Å². The van der Waals surface area contributed by atoms with Crippen molar-refractivity contribution in [2.75, 3.05) is 13.2 Å². The molecule has 1 aromatic carbocycles. The van der Waals surface area contributed by atoms with Crippen LogP contribution in [0.3, 0.4) is 0 Å². The molecule has 2 aromatic rings. The maximum atomic E-state index is 6.05. The van der Waals surface area contributed by atoms with Crippen molar-refractivity contribution in [3.8, 4) is 5.75 Å². The van der Waals surface area contributed by atoms with Crippen LogP contribution < -0.4 is 4.74 Å². The summed E-state index contributed by atoms with van der Waals surface area (Å²) < 4.78 is 18.7. The number of nitrogens with zero attached hydrogens (tertiary/aromatic N) is 3. The predicted octanol–water partition coefficient (Wildman–Crippen LogP) is 2.80. The SMILES string of the molecule is Clc1ccc(OCC2COC(CCn3cncn3)O2)c(Cl)c1. The van der Waals surface area contributed by atoms with E-state index >= 15 is 0 Å². The average Bonchev–Trinajstić information content (AvgIpc) is 3.16. The maximum absolute atomic E-state index is 6.05. The molecule has 0 radical (unpaired) electrons. The van der Waals surface area contributed by atoms with Crippen molar-refractivity contribution in [3.63, 3.8) is 0 Å². The van der Waals surface area contributed by atoms with Gasteiger partial charge in [-0.3, -0.25) is 4.68 Å². The minimum absolute atomic E-state index is 0.118. The molecule has 2 unspecified atom stereocenters. The van der Waals surface area contributed by atoms with Gasteiger partial charge in [0.1, 0.15) is 31.1 Å². The highest BCUT2D eigenvalue weighted by Gasteiger charge is 2.26. The van der Waals surface area contributed by atoms with Crippen LogP contribution in [-0.4, -0.2) is 40.4 Å². The molecule has 8 heteroatoms. The van der Waals surface area contributed by atoms with E-state index in [1.165, 1.54) is 6.33 Å². The lowest BCUT2D eigenvalue weighted by Gasteiger charge is -2.13. The van der Waals surface area contributed by atoms with Crippen LogP contribution >= 0.6 is 23.2 Å². The van der Waals surface area contributed by atoms with E-state index < -0.39 is 0 Å². The summed E-state index contributed by atoms with van der Waals surface area (Å²) in [6.07, 6.45) is 3.51. The smallest absolute Gasteiger partial charge is 0.160 e. The third-order valence-electron chi connectivity index (χ3n) is 3.19. The normalized spacial score (nSPS) is 21.2. The molecule has 0 bridgehead atoms. The third kappa shape index (κ3) is 4.10. The summed E-state index contributed by atoms with van der Waals surface area (Å²) in [6.45, 7) is 1.57. The second-order valence-electron chi connectivity index (χ2n) is 4.85. The lowest BCUT2D eigenvalue weighted by Crippen LogP contribution is -2.21. The summed E-state index contributed by atoms with van der Waals surface area (Å²) in [5.74, 6) is 0.584. The molecule has 22 heavy (non-hydrogen) atoms. The Kier molecular flexibility index (Phi) is 5.15. The predicted molar refractivity (Wildman–Crippen MR) is 81.2 cm³/mol. The van der Waals surface area contributed by atoms with E-state index in [1.54, 1.807) is 29.2 Å². The molecule has 0 saturated carbocycles. The van der Waals surface area contributed by atoms with Crippen molar-refractivity contribution in [1.82, 2.24) is 14.8 Å². The van der Waals surface area contributed by atoms with Crippen molar-refractivity contribution in [2.45, 2.75) is 25.4 Å². The molecule has 0 spiro atoms. The van der Waals surface area contributed by atoms with E-state index in [0.29, 0.717) is 42.0 Å². The lowest BCUT2D eigenvalue weighted by atomic mass is 10.3. The first-order chi connectivity index (χ1) is 10.7. The summed E-state index contributed by atoms with van der Waals surface area (Å²) in [6, 6.07) is 5.11. The van der Waals surface area contributed by atoms with Crippen molar-refractivity contribution in [3.05, 3.63) is 40.9 Å². The van der Waals surface area contributed by atoms with Crippen LogP contribution in [0.25, 0.3) is 0 Å². The summed E-state index contributed by atoms with van der Waals surface area (Å²) in [7, 11) is 0.